The molecule has 0 saturated heterocycles. The molecule has 4 aromatic rings. The van der Waals surface area contributed by atoms with E-state index < -0.39 is 16.3 Å². The van der Waals surface area contributed by atoms with Gasteiger partial charge in [0.05, 0.1) is 0 Å². The average molecular weight is 490 g/mol. The third-order valence-corrected chi connectivity index (χ3v) is 16.8. The van der Waals surface area contributed by atoms with Crippen LogP contribution in [0.4, 0.5) is 0 Å². The van der Waals surface area contributed by atoms with E-state index in [1.807, 2.05) is 0 Å². The molecule has 0 bridgehead atoms. The summed E-state index contributed by atoms with van der Waals surface area (Å²) in [7, 11) is -4.54. The number of rotatable bonds is 7. The maximum absolute atomic E-state index is 2.81. The van der Waals surface area contributed by atoms with Crippen LogP contribution in [-0.4, -0.2) is 34.0 Å². The van der Waals surface area contributed by atoms with Crippen LogP contribution in [0.5, 0.6) is 0 Å². The molecule has 1 aliphatic rings. The van der Waals surface area contributed by atoms with Crippen molar-refractivity contribution in [2.24, 2.45) is 0 Å². The molecule has 0 fully saturated rings. The zero-order chi connectivity index (χ0) is 24.5. The molecule has 1 aliphatic heterocycles. The van der Waals surface area contributed by atoms with Gasteiger partial charge < -0.3 is 4.57 Å². The summed E-state index contributed by atoms with van der Waals surface area (Å²) < 4.78 is 2.81. The van der Waals surface area contributed by atoms with Gasteiger partial charge in [-0.25, -0.2) is 0 Å². The third kappa shape index (κ3) is 3.70. The molecular weight excluding hydrogens is 455 g/mol. The van der Waals surface area contributed by atoms with Gasteiger partial charge in [0.2, 0.25) is 8.24 Å². The van der Waals surface area contributed by atoms with E-state index in [4.69, 9.17) is 0 Å². The second-order valence-corrected chi connectivity index (χ2v) is 17.9. The lowest BCUT2D eigenvalue weighted by molar-refractivity contribution is 0.482. The first-order valence-corrected chi connectivity index (χ1v) is 17.8. The second kappa shape index (κ2) is 9.58. The molecule has 0 aliphatic carbocycles. The van der Waals surface area contributed by atoms with E-state index in [1.54, 1.807) is 15.6 Å². The first kappa shape index (κ1) is 23.7. The minimum atomic E-state index is -2.58. The standard InChI is InChI=1S/C32H35NSi2/c1-5-33(6-2)35(27-20-12-8-13-21-27,28-22-14-9-15-23-28)32-29-24-16-17-25-30(29)34(3,4)31(32)26-18-10-7-11-19-26/h7-25H,5-6H2,1-4H3. The summed E-state index contributed by atoms with van der Waals surface area (Å²) in [6.07, 6.45) is 0. The predicted octanol–water partition coefficient (Wildman–Crippen LogP) is 5.71. The van der Waals surface area contributed by atoms with Crippen molar-refractivity contribution in [2.75, 3.05) is 13.1 Å². The first-order valence-electron chi connectivity index (χ1n) is 12.8. The van der Waals surface area contributed by atoms with Crippen molar-refractivity contribution < 1.29 is 0 Å². The topological polar surface area (TPSA) is 3.24 Å². The fraction of sp³-hybridized carbons (Fsp3) is 0.188. The summed E-state index contributed by atoms with van der Waals surface area (Å²) in [6, 6.07) is 43.4. The van der Waals surface area contributed by atoms with E-state index in [9.17, 15) is 0 Å². The lowest BCUT2D eigenvalue weighted by Crippen LogP contribution is -2.71. The Labute approximate surface area is 212 Å². The number of benzene rings is 4. The molecule has 0 N–H and O–H groups in total. The van der Waals surface area contributed by atoms with Crippen molar-refractivity contribution in [1.82, 2.24) is 4.57 Å². The van der Waals surface area contributed by atoms with Gasteiger partial charge in [-0.2, -0.15) is 0 Å². The van der Waals surface area contributed by atoms with Crippen molar-refractivity contribution in [3.05, 3.63) is 126 Å². The highest BCUT2D eigenvalue weighted by Gasteiger charge is 2.53. The minimum Gasteiger partial charge on any atom is -0.314 e. The van der Waals surface area contributed by atoms with E-state index >= 15 is 0 Å². The predicted molar refractivity (Wildman–Crippen MR) is 158 cm³/mol. The highest BCUT2D eigenvalue weighted by molar-refractivity contribution is 7.21. The van der Waals surface area contributed by atoms with Crippen LogP contribution >= 0.6 is 0 Å². The monoisotopic (exact) mass is 489 g/mol. The van der Waals surface area contributed by atoms with Gasteiger partial charge in [0, 0.05) is 0 Å². The molecular formula is C32H35NSi2. The molecule has 35 heavy (non-hydrogen) atoms. The molecule has 4 aromatic carbocycles. The Balaban J connectivity index is 2.02. The molecule has 0 atom stereocenters. The SMILES string of the molecule is CCN(CC)[Si](C1=C(c2ccccc2)[Si](C)(C)c2ccccc21)(c1ccccc1)c1ccccc1. The van der Waals surface area contributed by atoms with Crippen molar-refractivity contribution in [1.29, 1.82) is 0 Å². The van der Waals surface area contributed by atoms with E-state index in [1.165, 1.54) is 21.5 Å². The van der Waals surface area contributed by atoms with Gasteiger partial charge in [0.15, 0.2) is 0 Å². The molecule has 0 radical (unpaired) electrons. The van der Waals surface area contributed by atoms with Crippen LogP contribution < -0.4 is 15.6 Å². The maximum Gasteiger partial charge on any atom is 0.225 e. The van der Waals surface area contributed by atoms with Crippen LogP contribution in [0.15, 0.2) is 115 Å². The summed E-state index contributed by atoms with van der Waals surface area (Å²) in [5.41, 5.74) is 2.88. The largest absolute Gasteiger partial charge is 0.314 e. The smallest absolute Gasteiger partial charge is 0.225 e. The van der Waals surface area contributed by atoms with Gasteiger partial charge in [-0.15, -0.1) is 0 Å². The highest BCUT2D eigenvalue weighted by Crippen LogP contribution is 2.45. The van der Waals surface area contributed by atoms with Crippen molar-refractivity contribution in [3.63, 3.8) is 0 Å². The molecule has 176 valence electrons. The van der Waals surface area contributed by atoms with Gasteiger partial charge in [0.1, 0.15) is 8.07 Å². The molecule has 0 unspecified atom stereocenters. The molecule has 3 heteroatoms. The zero-order valence-corrected chi connectivity index (χ0v) is 23.3. The summed E-state index contributed by atoms with van der Waals surface area (Å²) in [6.45, 7) is 11.8. The molecule has 1 heterocycles. The normalized spacial score (nSPS) is 14.9. The molecule has 0 spiro atoms. The Morgan fingerprint density at radius 1 is 0.600 bits per heavy atom. The summed E-state index contributed by atoms with van der Waals surface area (Å²) in [5.74, 6) is 0. The number of fused-ring (bicyclic) bond motifs is 1. The second-order valence-electron chi connectivity index (χ2n) is 9.90. The zero-order valence-electron chi connectivity index (χ0n) is 21.3. The maximum atomic E-state index is 2.81. The lowest BCUT2D eigenvalue weighted by Gasteiger charge is -2.44. The Kier molecular flexibility index (Phi) is 6.50. The fourth-order valence-electron chi connectivity index (χ4n) is 6.35. The van der Waals surface area contributed by atoms with Crippen LogP contribution in [0.2, 0.25) is 13.1 Å². The quantitative estimate of drug-likeness (QED) is 0.301. The summed E-state index contributed by atoms with van der Waals surface area (Å²) in [5, 5.41) is 7.74. The average Bonchev–Trinajstić information content (AvgIpc) is 3.16. The van der Waals surface area contributed by atoms with Crippen LogP contribution in [0.3, 0.4) is 0 Å². The highest BCUT2D eigenvalue weighted by atomic mass is 28.3. The van der Waals surface area contributed by atoms with E-state index in [-0.39, 0.29) is 0 Å². The minimum absolute atomic E-state index is 1.02. The fourth-order valence-corrected chi connectivity index (χ4v) is 16.6. The Hall–Kier alpha value is -2.99. The van der Waals surface area contributed by atoms with Gasteiger partial charge >= 0.3 is 0 Å². The van der Waals surface area contributed by atoms with E-state index in [2.05, 4.69) is 147 Å². The molecule has 0 amide bonds. The number of hydrogen-bond acceptors (Lipinski definition) is 1. The van der Waals surface area contributed by atoms with Crippen LogP contribution in [0, 0.1) is 0 Å². The van der Waals surface area contributed by atoms with Gasteiger partial charge in [-0.05, 0) is 50.2 Å². The van der Waals surface area contributed by atoms with Gasteiger partial charge in [-0.3, -0.25) is 0 Å². The lowest BCUT2D eigenvalue weighted by atomic mass is 10.1. The Bertz CT molecular complexity index is 1280. The van der Waals surface area contributed by atoms with Crippen LogP contribution in [0.25, 0.3) is 10.4 Å². The first-order chi connectivity index (χ1) is 17.1. The molecule has 1 nitrogen and oxygen atoms in total. The Morgan fingerprint density at radius 3 is 1.57 bits per heavy atom. The molecule has 0 aromatic heterocycles. The molecule has 0 saturated carbocycles. The van der Waals surface area contributed by atoms with Gasteiger partial charge in [-0.1, -0.05) is 142 Å². The number of hydrogen-bond donors (Lipinski definition) is 0. The Morgan fingerprint density at radius 2 is 1.06 bits per heavy atom. The number of nitrogens with zero attached hydrogens (tertiary/aromatic N) is 1. The van der Waals surface area contributed by atoms with E-state index in [0.29, 0.717) is 0 Å². The third-order valence-electron chi connectivity index (χ3n) is 7.79. The molecule has 5 rings (SSSR count). The van der Waals surface area contributed by atoms with Crippen LogP contribution in [0.1, 0.15) is 25.0 Å². The van der Waals surface area contributed by atoms with E-state index in [0.717, 1.165) is 13.1 Å². The summed E-state index contributed by atoms with van der Waals surface area (Å²) in [4.78, 5) is 0. The summed E-state index contributed by atoms with van der Waals surface area (Å²) >= 11 is 0. The van der Waals surface area contributed by atoms with Crippen molar-refractivity contribution in [3.8, 4) is 0 Å². The van der Waals surface area contributed by atoms with Crippen molar-refractivity contribution >= 4 is 42.3 Å². The van der Waals surface area contributed by atoms with Crippen LogP contribution in [-0.2, 0) is 0 Å². The van der Waals surface area contributed by atoms with Crippen molar-refractivity contribution in [2.45, 2.75) is 26.9 Å². The van der Waals surface area contributed by atoms with Gasteiger partial charge in [0.25, 0.3) is 0 Å².